The Morgan fingerprint density at radius 2 is 1.72 bits per heavy atom. The molecule has 1 amide bonds. The molecule has 0 saturated carbocycles. The number of carbonyl (C=O) groups excluding carboxylic acids is 1. The molecule has 0 radical (unpaired) electrons. The van der Waals surface area contributed by atoms with Crippen molar-refractivity contribution in [2.24, 2.45) is 0 Å². The zero-order valence-corrected chi connectivity index (χ0v) is 14.8. The van der Waals surface area contributed by atoms with Crippen LogP contribution in [0.15, 0.2) is 54.6 Å². The van der Waals surface area contributed by atoms with Gasteiger partial charge in [-0.3, -0.25) is 4.79 Å². The van der Waals surface area contributed by atoms with Gasteiger partial charge in [-0.1, -0.05) is 48.5 Å². The van der Waals surface area contributed by atoms with Crippen LogP contribution in [0.1, 0.15) is 11.1 Å². The van der Waals surface area contributed by atoms with Gasteiger partial charge >= 0.3 is 0 Å². The third kappa shape index (κ3) is 6.28. The van der Waals surface area contributed by atoms with Crippen molar-refractivity contribution in [2.45, 2.75) is 13.0 Å². The van der Waals surface area contributed by atoms with Gasteiger partial charge in [0, 0.05) is 13.1 Å². The second-order valence-corrected chi connectivity index (χ2v) is 7.68. The van der Waals surface area contributed by atoms with Crippen molar-refractivity contribution in [3.8, 4) is 0 Å². The summed E-state index contributed by atoms with van der Waals surface area (Å²) in [6, 6.07) is 15.5. The summed E-state index contributed by atoms with van der Waals surface area (Å²) in [5, 5.41) is 2.69. The largest absolute Gasteiger partial charge is 0.351 e. The fourth-order valence-corrected chi connectivity index (χ4v) is 3.10. The van der Waals surface area contributed by atoms with Crippen LogP contribution in [0, 0.1) is 5.82 Å². The topological polar surface area (TPSA) is 66.5 Å². The monoisotopic (exact) mass is 364 g/mol. The summed E-state index contributed by atoms with van der Waals surface area (Å²) in [5.74, 6) is -0.785. The molecule has 0 fully saturated rings. The first kappa shape index (κ1) is 19.1. The van der Waals surface area contributed by atoms with Crippen LogP contribution in [-0.2, 0) is 27.8 Å². The van der Waals surface area contributed by atoms with E-state index in [1.807, 2.05) is 30.3 Å². The zero-order chi connectivity index (χ0) is 18.3. The highest BCUT2D eigenvalue weighted by Gasteiger charge is 2.20. The highest BCUT2D eigenvalue weighted by molar-refractivity contribution is 7.88. The van der Waals surface area contributed by atoms with E-state index in [2.05, 4.69) is 5.32 Å². The van der Waals surface area contributed by atoms with E-state index in [1.54, 1.807) is 18.2 Å². The lowest BCUT2D eigenvalue weighted by molar-refractivity contribution is -0.121. The molecule has 2 aromatic carbocycles. The van der Waals surface area contributed by atoms with Gasteiger partial charge in [0.05, 0.1) is 12.8 Å². The summed E-state index contributed by atoms with van der Waals surface area (Å²) in [4.78, 5) is 12.1. The van der Waals surface area contributed by atoms with E-state index < -0.39 is 15.9 Å². The molecule has 7 heteroatoms. The van der Waals surface area contributed by atoms with Gasteiger partial charge in [-0.15, -0.1) is 0 Å². The Morgan fingerprint density at radius 1 is 1.08 bits per heavy atom. The minimum Gasteiger partial charge on any atom is -0.351 e. The number of amides is 1. The van der Waals surface area contributed by atoms with E-state index >= 15 is 0 Å². The van der Waals surface area contributed by atoms with Crippen molar-refractivity contribution in [3.63, 3.8) is 0 Å². The molecular weight excluding hydrogens is 343 g/mol. The Kier molecular flexibility index (Phi) is 6.66. The molecule has 0 aliphatic rings. The molecule has 0 atom stereocenters. The van der Waals surface area contributed by atoms with Crippen molar-refractivity contribution < 1.29 is 17.6 Å². The number of nitrogens with zero attached hydrogens (tertiary/aromatic N) is 1. The van der Waals surface area contributed by atoms with Crippen LogP contribution in [0.2, 0.25) is 0 Å². The minimum atomic E-state index is -3.58. The fourth-order valence-electron chi connectivity index (χ4n) is 2.32. The lowest BCUT2D eigenvalue weighted by atomic mass is 10.1. The van der Waals surface area contributed by atoms with Crippen LogP contribution in [0.3, 0.4) is 0 Å². The zero-order valence-electron chi connectivity index (χ0n) is 14.0. The van der Waals surface area contributed by atoms with E-state index in [0.717, 1.165) is 16.1 Å². The highest BCUT2D eigenvalue weighted by Crippen LogP contribution is 2.09. The van der Waals surface area contributed by atoms with Gasteiger partial charge in [0.2, 0.25) is 15.9 Å². The molecule has 1 N–H and O–H groups in total. The Bertz CT molecular complexity index is 810. The number of nitrogens with one attached hydrogen (secondary N) is 1. The van der Waals surface area contributed by atoms with E-state index in [-0.39, 0.29) is 25.3 Å². The summed E-state index contributed by atoms with van der Waals surface area (Å²) < 4.78 is 38.5. The van der Waals surface area contributed by atoms with Crippen LogP contribution < -0.4 is 5.32 Å². The molecule has 0 saturated heterocycles. The number of hydrogen-bond donors (Lipinski definition) is 1. The van der Waals surface area contributed by atoms with Gasteiger partial charge in [-0.2, -0.15) is 4.31 Å². The SMILES string of the molecule is CS(=O)(=O)N(CCc1ccccc1F)CC(=O)NCc1ccccc1. The Hall–Kier alpha value is -2.25. The van der Waals surface area contributed by atoms with E-state index in [1.165, 1.54) is 6.07 Å². The Balaban J connectivity index is 1.93. The Morgan fingerprint density at radius 3 is 2.36 bits per heavy atom. The average Bonchev–Trinajstić information content (AvgIpc) is 2.58. The number of benzene rings is 2. The van der Waals surface area contributed by atoms with Crippen molar-refractivity contribution in [3.05, 3.63) is 71.5 Å². The number of rotatable bonds is 8. The second-order valence-electron chi connectivity index (χ2n) is 5.70. The van der Waals surface area contributed by atoms with Gasteiger partial charge in [0.25, 0.3) is 0 Å². The van der Waals surface area contributed by atoms with Crippen molar-refractivity contribution >= 4 is 15.9 Å². The predicted molar refractivity (Wildman–Crippen MR) is 94.8 cm³/mol. The van der Waals surface area contributed by atoms with E-state index in [9.17, 15) is 17.6 Å². The fraction of sp³-hybridized carbons (Fsp3) is 0.278. The van der Waals surface area contributed by atoms with E-state index in [4.69, 9.17) is 0 Å². The maximum absolute atomic E-state index is 13.7. The first-order valence-electron chi connectivity index (χ1n) is 7.85. The maximum atomic E-state index is 13.7. The molecular formula is C18H21FN2O3S. The van der Waals surface area contributed by atoms with Crippen LogP contribution in [0.4, 0.5) is 4.39 Å². The summed E-state index contributed by atoms with van der Waals surface area (Å²) in [6.45, 7) is 0.0727. The van der Waals surface area contributed by atoms with Crippen molar-refractivity contribution in [2.75, 3.05) is 19.3 Å². The molecule has 2 aromatic rings. The van der Waals surface area contributed by atoms with Gasteiger partial charge in [-0.05, 0) is 23.6 Å². The molecule has 0 heterocycles. The predicted octanol–water partition coefficient (Wildman–Crippen LogP) is 1.95. The number of hydrogen-bond acceptors (Lipinski definition) is 3. The molecule has 5 nitrogen and oxygen atoms in total. The quantitative estimate of drug-likeness (QED) is 0.779. The average molecular weight is 364 g/mol. The Labute approximate surface area is 147 Å². The van der Waals surface area contributed by atoms with Crippen LogP contribution >= 0.6 is 0 Å². The minimum absolute atomic E-state index is 0.0402. The van der Waals surface area contributed by atoms with Crippen molar-refractivity contribution in [1.82, 2.24) is 9.62 Å². The lowest BCUT2D eigenvalue weighted by Gasteiger charge is -2.19. The highest BCUT2D eigenvalue weighted by atomic mass is 32.2. The summed E-state index contributed by atoms with van der Waals surface area (Å²) in [6.07, 6.45) is 1.24. The van der Waals surface area contributed by atoms with Gasteiger partial charge < -0.3 is 5.32 Å². The van der Waals surface area contributed by atoms with Gasteiger partial charge in [0.15, 0.2) is 0 Å². The molecule has 0 spiro atoms. The first-order valence-corrected chi connectivity index (χ1v) is 9.70. The lowest BCUT2D eigenvalue weighted by Crippen LogP contribution is -2.41. The molecule has 0 aromatic heterocycles. The number of sulfonamides is 1. The number of carbonyl (C=O) groups is 1. The smallest absolute Gasteiger partial charge is 0.235 e. The second kappa shape index (κ2) is 8.73. The summed E-state index contributed by atoms with van der Waals surface area (Å²) in [5.41, 5.74) is 1.34. The third-order valence-corrected chi connectivity index (χ3v) is 4.96. The summed E-state index contributed by atoms with van der Waals surface area (Å²) >= 11 is 0. The molecule has 25 heavy (non-hydrogen) atoms. The molecule has 0 aliphatic heterocycles. The van der Waals surface area contributed by atoms with E-state index in [0.29, 0.717) is 12.1 Å². The maximum Gasteiger partial charge on any atom is 0.235 e. The van der Waals surface area contributed by atoms with Gasteiger partial charge in [0.1, 0.15) is 5.82 Å². The molecule has 0 aliphatic carbocycles. The molecule has 134 valence electrons. The van der Waals surface area contributed by atoms with Crippen LogP contribution in [0.25, 0.3) is 0 Å². The number of halogens is 1. The third-order valence-electron chi connectivity index (χ3n) is 3.71. The van der Waals surface area contributed by atoms with Crippen LogP contribution in [-0.4, -0.2) is 38.0 Å². The standard InChI is InChI=1S/C18H21FN2O3S/c1-25(23,24)21(12-11-16-9-5-6-10-17(16)19)14-18(22)20-13-15-7-3-2-4-8-15/h2-10H,11-14H2,1H3,(H,20,22). The van der Waals surface area contributed by atoms with Crippen molar-refractivity contribution in [1.29, 1.82) is 0 Å². The summed E-state index contributed by atoms with van der Waals surface area (Å²) in [7, 11) is -3.58. The van der Waals surface area contributed by atoms with Gasteiger partial charge in [-0.25, -0.2) is 12.8 Å². The molecule has 2 rings (SSSR count). The normalized spacial score (nSPS) is 11.5. The molecule has 0 unspecified atom stereocenters. The molecule has 0 bridgehead atoms. The first-order chi connectivity index (χ1) is 11.9. The van der Waals surface area contributed by atoms with Crippen LogP contribution in [0.5, 0.6) is 0 Å².